The number of carbonyl (C=O) groups is 1. The summed E-state index contributed by atoms with van der Waals surface area (Å²) in [4.78, 5) is 17.0. The van der Waals surface area contributed by atoms with Crippen LogP contribution >= 0.6 is 34.5 Å². The van der Waals surface area contributed by atoms with E-state index in [1.54, 1.807) is 43.5 Å². The number of methoxy groups -OCH3 is 1. The summed E-state index contributed by atoms with van der Waals surface area (Å²) in [5.41, 5.74) is 5.77. The van der Waals surface area contributed by atoms with Crippen LogP contribution in [0.3, 0.4) is 0 Å². The summed E-state index contributed by atoms with van der Waals surface area (Å²) in [6, 6.07) is 16.9. The SMILES string of the molecule is COc1cc(/C=C/C(=O)Nc2nc(-c3ccc(C)c(C)c3)cs2)ccc1OCc1c(Cl)cccc1Cl. The van der Waals surface area contributed by atoms with Gasteiger partial charge in [0.25, 0.3) is 0 Å². The maximum Gasteiger partial charge on any atom is 0.250 e. The monoisotopic (exact) mass is 538 g/mol. The molecule has 0 aliphatic rings. The number of aromatic nitrogens is 1. The lowest BCUT2D eigenvalue weighted by molar-refractivity contribution is -0.111. The van der Waals surface area contributed by atoms with Gasteiger partial charge in [-0.15, -0.1) is 11.3 Å². The molecule has 0 aliphatic carbocycles. The first-order valence-corrected chi connectivity index (χ1v) is 12.7. The van der Waals surface area contributed by atoms with E-state index in [2.05, 4.69) is 36.3 Å². The number of hydrogen-bond acceptors (Lipinski definition) is 5. The van der Waals surface area contributed by atoms with Crippen molar-refractivity contribution in [2.75, 3.05) is 12.4 Å². The van der Waals surface area contributed by atoms with Crippen LogP contribution in [0.1, 0.15) is 22.3 Å². The summed E-state index contributed by atoms with van der Waals surface area (Å²) >= 11 is 13.8. The molecule has 0 bridgehead atoms. The summed E-state index contributed by atoms with van der Waals surface area (Å²) in [5, 5.41) is 6.36. The Kier molecular flexibility index (Phi) is 8.31. The third-order valence-electron chi connectivity index (χ3n) is 5.59. The van der Waals surface area contributed by atoms with Gasteiger partial charge < -0.3 is 9.47 Å². The minimum atomic E-state index is -0.274. The molecular weight excluding hydrogens is 515 g/mol. The molecule has 184 valence electrons. The Morgan fingerprint density at radius 1 is 1.03 bits per heavy atom. The van der Waals surface area contributed by atoms with Crippen molar-refractivity contribution in [1.29, 1.82) is 0 Å². The molecule has 0 radical (unpaired) electrons. The molecule has 4 aromatic rings. The number of carbonyl (C=O) groups excluding carboxylic acids is 1. The maximum absolute atomic E-state index is 12.5. The predicted molar refractivity (Wildman–Crippen MR) is 148 cm³/mol. The molecule has 1 amide bonds. The molecule has 1 aromatic heterocycles. The highest BCUT2D eigenvalue weighted by Crippen LogP contribution is 2.32. The number of halogens is 2. The summed E-state index contributed by atoms with van der Waals surface area (Å²) < 4.78 is 11.3. The zero-order chi connectivity index (χ0) is 25.7. The minimum absolute atomic E-state index is 0.199. The van der Waals surface area contributed by atoms with E-state index >= 15 is 0 Å². The number of nitrogens with zero attached hydrogens (tertiary/aromatic N) is 1. The highest BCUT2D eigenvalue weighted by atomic mass is 35.5. The molecule has 0 fully saturated rings. The Morgan fingerprint density at radius 2 is 1.81 bits per heavy atom. The number of aryl methyl sites for hydroxylation is 2. The van der Waals surface area contributed by atoms with Crippen molar-refractivity contribution in [2.45, 2.75) is 20.5 Å². The first-order valence-electron chi connectivity index (χ1n) is 11.1. The molecule has 1 heterocycles. The van der Waals surface area contributed by atoms with Gasteiger partial charge in [-0.2, -0.15) is 0 Å². The Morgan fingerprint density at radius 3 is 2.53 bits per heavy atom. The Bertz CT molecular complexity index is 1410. The normalized spacial score (nSPS) is 11.0. The van der Waals surface area contributed by atoms with Crippen molar-refractivity contribution < 1.29 is 14.3 Å². The van der Waals surface area contributed by atoms with Crippen molar-refractivity contribution in [3.63, 3.8) is 0 Å². The number of nitrogens with one attached hydrogen (secondary N) is 1. The summed E-state index contributed by atoms with van der Waals surface area (Å²) in [5.74, 6) is 0.791. The zero-order valence-electron chi connectivity index (χ0n) is 20.0. The summed E-state index contributed by atoms with van der Waals surface area (Å²) in [7, 11) is 1.56. The molecule has 0 aliphatic heterocycles. The molecule has 5 nitrogen and oxygen atoms in total. The summed E-state index contributed by atoms with van der Waals surface area (Å²) in [6.07, 6.45) is 3.15. The predicted octanol–water partition coefficient (Wildman–Crippen LogP) is 7.97. The van der Waals surface area contributed by atoms with Crippen LogP contribution in [0.15, 0.2) is 66.1 Å². The fourth-order valence-corrected chi connectivity index (χ4v) is 4.64. The van der Waals surface area contributed by atoms with E-state index in [9.17, 15) is 4.79 Å². The Labute approximate surface area is 224 Å². The second-order valence-electron chi connectivity index (χ2n) is 8.06. The number of thiazole rings is 1. The lowest BCUT2D eigenvalue weighted by Crippen LogP contribution is -2.07. The molecule has 0 atom stereocenters. The number of ether oxygens (including phenoxy) is 2. The minimum Gasteiger partial charge on any atom is -0.493 e. The highest BCUT2D eigenvalue weighted by Gasteiger charge is 2.11. The molecule has 1 N–H and O–H groups in total. The van der Waals surface area contributed by atoms with Gasteiger partial charge in [-0.3, -0.25) is 10.1 Å². The second-order valence-corrected chi connectivity index (χ2v) is 9.73. The van der Waals surface area contributed by atoms with Gasteiger partial charge in [0, 0.05) is 32.6 Å². The van der Waals surface area contributed by atoms with E-state index in [4.69, 9.17) is 32.7 Å². The molecule has 0 saturated carbocycles. The average Bonchev–Trinajstić information content (AvgIpc) is 3.32. The van der Waals surface area contributed by atoms with Gasteiger partial charge in [0.2, 0.25) is 5.91 Å². The van der Waals surface area contributed by atoms with Gasteiger partial charge in [0.1, 0.15) is 6.61 Å². The van der Waals surface area contributed by atoms with Crippen LogP contribution in [0, 0.1) is 13.8 Å². The number of anilines is 1. The number of hydrogen-bond donors (Lipinski definition) is 1. The average molecular weight is 539 g/mol. The van der Waals surface area contributed by atoms with Crippen LogP contribution in [0.4, 0.5) is 5.13 Å². The van der Waals surface area contributed by atoms with Gasteiger partial charge in [-0.05, 0) is 66.9 Å². The lowest BCUT2D eigenvalue weighted by Gasteiger charge is -2.13. The van der Waals surface area contributed by atoms with Crippen molar-refractivity contribution in [2.24, 2.45) is 0 Å². The van der Waals surface area contributed by atoms with Crippen molar-refractivity contribution in [3.8, 4) is 22.8 Å². The molecule has 0 saturated heterocycles. The standard InChI is InChI=1S/C28H24Cl2N2O3S/c1-17-7-10-20(13-18(17)2)24-16-36-28(31-24)32-27(33)12-9-19-8-11-25(26(14-19)34-3)35-15-21-22(29)5-4-6-23(21)30/h4-14,16H,15H2,1-3H3,(H,31,32,33)/b12-9+. The van der Waals surface area contributed by atoms with Gasteiger partial charge in [0.05, 0.1) is 12.8 Å². The Hall–Kier alpha value is -3.32. The van der Waals surface area contributed by atoms with E-state index < -0.39 is 0 Å². The maximum atomic E-state index is 12.5. The highest BCUT2D eigenvalue weighted by molar-refractivity contribution is 7.14. The van der Waals surface area contributed by atoms with Gasteiger partial charge in [-0.25, -0.2) is 4.98 Å². The molecule has 0 unspecified atom stereocenters. The molecule has 8 heteroatoms. The molecule has 0 spiro atoms. The smallest absolute Gasteiger partial charge is 0.250 e. The molecular formula is C28H24Cl2N2O3S. The van der Waals surface area contributed by atoms with Gasteiger partial charge >= 0.3 is 0 Å². The summed E-state index contributed by atoms with van der Waals surface area (Å²) in [6.45, 7) is 4.34. The largest absolute Gasteiger partial charge is 0.493 e. The zero-order valence-corrected chi connectivity index (χ0v) is 22.3. The van der Waals surface area contributed by atoms with Crippen LogP contribution in [-0.4, -0.2) is 18.0 Å². The van der Waals surface area contributed by atoms with Crippen LogP contribution in [-0.2, 0) is 11.4 Å². The van der Waals surface area contributed by atoms with E-state index in [1.165, 1.54) is 28.5 Å². The van der Waals surface area contributed by atoms with Crippen molar-refractivity contribution >= 4 is 51.7 Å². The van der Waals surface area contributed by atoms with Crippen LogP contribution < -0.4 is 14.8 Å². The lowest BCUT2D eigenvalue weighted by atomic mass is 10.1. The van der Waals surface area contributed by atoms with E-state index in [0.29, 0.717) is 32.2 Å². The van der Waals surface area contributed by atoms with Crippen LogP contribution in [0.5, 0.6) is 11.5 Å². The first-order chi connectivity index (χ1) is 17.3. The second kappa shape index (κ2) is 11.6. The van der Waals surface area contributed by atoms with Crippen LogP contribution in [0.2, 0.25) is 10.0 Å². The quantitative estimate of drug-likeness (QED) is 0.231. The van der Waals surface area contributed by atoms with E-state index in [0.717, 1.165) is 16.8 Å². The Balaban J connectivity index is 1.39. The third-order valence-corrected chi connectivity index (χ3v) is 7.05. The van der Waals surface area contributed by atoms with Crippen molar-refractivity contribution in [3.05, 3.63) is 98.4 Å². The number of amides is 1. The van der Waals surface area contributed by atoms with E-state index in [-0.39, 0.29) is 12.5 Å². The van der Waals surface area contributed by atoms with Crippen LogP contribution in [0.25, 0.3) is 17.3 Å². The number of rotatable bonds is 8. The fraction of sp³-hybridized carbons (Fsp3) is 0.143. The first kappa shape index (κ1) is 25.8. The fourth-order valence-electron chi connectivity index (χ4n) is 3.41. The van der Waals surface area contributed by atoms with Gasteiger partial charge in [-0.1, -0.05) is 47.5 Å². The number of benzene rings is 3. The molecule has 4 rings (SSSR count). The molecule has 3 aromatic carbocycles. The van der Waals surface area contributed by atoms with E-state index in [1.807, 2.05) is 17.5 Å². The van der Waals surface area contributed by atoms with Gasteiger partial charge in [0.15, 0.2) is 16.6 Å². The topological polar surface area (TPSA) is 60.5 Å². The van der Waals surface area contributed by atoms with Crippen molar-refractivity contribution in [1.82, 2.24) is 4.98 Å². The third kappa shape index (κ3) is 6.26. The molecule has 36 heavy (non-hydrogen) atoms.